The van der Waals surface area contributed by atoms with Crippen LogP contribution in [0.3, 0.4) is 0 Å². The summed E-state index contributed by atoms with van der Waals surface area (Å²) in [6.07, 6.45) is 15.9. The van der Waals surface area contributed by atoms with E-state index in [9.17, 15) is 33.1 Å². The fourth-order valence-electron chi connectivity index (χ4n) is 11.1. The van der Waals surface area contributed by atoms with Crippen LogP contribution >= 0.6 is 0 Å². The van der Waals surface area contributed by atoms with E-state index in [0.29, 0.717) is 78.8 Å². The van der Waals surface area contributed by atoms with Crippen molar-refractivity contribution in [3.05, 3.63) is 119 Å². The number of nitrogens with zero attached hydrogens (tertiary/aromatic N) is 6. The molecule has 4 aliphatic rings. The van der Waals surface area contributed by atoms with Crippen LogP contribution in [0.25, 0.3) is 11.0 Å². The molecule has 2 saturated heterocycles. The van der Waals surface area contributed by atoms with Crippen molar-refractivity contribution in [2.24, 2.45) is 11.8 Å². The Morgan fingerprint density at radius 1 is 0.625 bits per heavy atom. The van der Waals surface area contributed by atoms with Crippen LogP contribution in [0.5, 0.6) is 11.5 Å². The SMILES string of the molecule is CCOC(=O)C1CCC(NC(=O)c2cnn3ccc(N4CCC[C@@H]4c4cc(F)ccc4OC)cc23)CC1.COc1ccc(F)cc1[C@H]1CCCN1c1ccn2ncc(C(=O)NC3CCC(C(=O)O)CC3)c2c1. The van der Waals surface area contributed by atoms with Crippen molar-refractivity contribution in [1.29, 1.82) is 0 Å². The fraction of sp³-hybridized carbons (Fsp3) is 0.444. The van der Waals surface area contributed by atoms with Crippen LogP contribution in [0.15, 0.2) is 85.5 Å². The second kappa shape index (κ2) is 22.0. The number of carboxylic acid groups (broad SMARTS) is 1. The smallest absolute Gasteiger partial charge is 0.308 e. The Hall–Kier alpha value is -7.24. The van der Waals surface area contributed by atoms with Crippen molar-refractivity contribution in [3.8, 4) is 11.5 Å². The average molecular weight is 989 g/mol. The molecular weight excluding hydrogens is 927 g/mol. The summed E-state index contributed by atoms with van der Waals surface area (Å²) < 4.78 is 47.7. The first kappa shape index (κ1) is 49.7. The van der Waals surface area contributed by atoms with Gasteiger partial charge in [0, 0.05) is 60.1 Å². The number of ether oxygens (including phenoxy) is 3. The molecule has 4 aromatic heterocycles. The van der Waals surface area contributed by atoms with Crippen LogP contribution in [0.2, 0.25) is 0 Å². The molecule has 18 heteroatoms. The van der Waals surface area contributed by atoms with Crippen molar-refractivity contribution in [2.75, 3.05) is 43.7 Å². The number of hydrogen-bond donors (Lipinski definition) is 3. The average Bonchev–Trinajstić information content (AvgIpc) is 4.23. The molecule has 6 aromatic rings. The number of hydrogen-bond acceptors (Lipinski definition) is 11. The topological polar surface area (TPSA) is 181 Å². The van der Waals surface area contributed by atoms with Gasteiger partial charge in [-0.15, -0.1) is 0 Å². The number of carbonyl (C=O) groups excluding carboxylic acids is 3. The number of methoxy groups -OCH3 is 2. The Balaban J connectivity index is 0.000000178. The highest BCUT2D eigenvalue weighted by atomic mass is 19.1. The van der Waals surface area contributed by atoms with Gasteiger partial charge in [-0.3, -0.25) is 19.2 Å². The van der Waals surface area contributed by atoms with Crippen molar-refractivity contribution >= 4 is 46.2 Å². The lowest BCUT2D eigenvalue weighted by Crippen LogP contribution is -2.39. The van der Waals surface area contributed by atoms with Gasteiger partial charge in [-0.25, -0.2) is 17.8 Å². The lowest BCUT2D eigenvalue weighted by Gasteiger charge is -2.28. The number of anilines is 2. The number of aromatic nitrogens is 4. The lowest BCUT2D eigenvalue weighted by atomic mass is 9.86. The fourth-order valence-corrected chi connectivity index (χ4v) is 11.1. The van der Waals surface area contributed by atoms with Gasteiger partial charge in [0.25, 0.3) is 11.8 Å². The van der Waals surface area contributed by atoms with Crippen LogP contribution in [-0.4, -0.2) is 94.1 Å². The van der Waals surface area contributed by atoms with Crippen LogP contribution in [0.1, 0.15) is 128 Å². The second-order valence-corrected chi connectivity index (χ2v) is 19.2. The monoisotopic (exact) mass is 988 g/mol. The number of aliphatic carboxylic acids is 1. The minimum absolute atomic E-state index is 0.0136. The third kappa shape index (κ3) is 10.7. The molecule has 2 saturated carbocycles. The third-order valence-corrected chi connectivity index (χ3v) is 14.9. The van der Waals surface area contributed by atoms with Crippen molar-refractivity contribution in [1.82, 2.24) is 29.9 Å². The molecule has 0 spiro atoms. The van der Waals surface area contributed by atoms with E-state index in [2.05, 4.69) is 30.6 Å². The van der Waals surface area contributed by atoms with Crippen molar-refractivity contribution < 1.29 is 47.3 Å². The molecule has 2 amide bonds. The standard InChI is InChI=1S/C28H33FN4O4.C26H29FN4O4/c1-3-37-28(35)18-6-9-20(10-7-18)31-27(34)23-17-30-33-14-12-21(16-25(23)33)32-13-4-5-24(32)22-15-19(29)8-11-26(22)36-2;1-35-24-9-6-17(27)13-20(24)22-3-2-11-30(22)19-10-12-31-23(14-19)21(15-28-31)25(32)29-18-7-4-16(5-8-18)26(33)34/h8,11-12,14-18,20,24H,3-7,9-10,13H2,1-2H3,(H,31,34);6,9-10,12-16,18,22H,2-5,7-8,11H2,1H3,(H,29,32)(H,33,34)/t18?,20?,24-;16?,18?,22-/m11/s1. The molecule has 3 N–H and O–H groups in total. The quantitative estimate of drug-likeness (QED) is 0.0937. The molecule has 2 atom stereocenters. The Morgan fingerprint density at radius 3 is 1.49 bits per heavy atom. The minimum Gasteiger partial charge on any atom is -0.496 e. The second-order valence-electron chi connectivity index (χ2n) is 19.2. The van der Waals surface area contributed by atoms with Crippen LogP contribution in [0.4, 0.5) is 20.2 Å². The highest BCUT2D eigenvalue weighted by Crippen LogP contribution is 2.42. The van der Waals surface area contributed by atoms with Gasteiger partial charge in [0.15, 0.2) is 0 Å². The summed E-state index contributed by atoms with van der Waals surface area (Å²) in [5.41, 5.74) is 5.91. The number of amides is 2. The zero-order valence-electron chi connectivity index (χ0n) is 40.9. The van der Waals surface area contributed by atoms with Gasteiger partial charge in [0.05, 0.1) is 79.3 Å². The molecule has 10 rings (SSSR count). The Labute approximate surface area is 416 Å². The summed E-state index contributed by atoms with van der Waals surface area (Å²) in [7, 11) is 3.19. The molecule has 0 unspecified atom stereocenters. The van der Waals surface area contributed by atoms with Gasteiger partial charge in [-0.1, -0.05) is 0 Å². The zero-order chi connectivity index (χ0) is 50.5. The number of benzene rings is 2. The number of fused-ring (bicyclic) bond motifs is 2. The summed E-state index contributed by atoms with van der Waals surface area (Å²) in [4.78, 5) is 54.0. The largest absolute Gasteiger partial charge is 0.496 e. The number of carbonyl (C=O) groups is 4. The van der Waals surface area contributed by atoms with Gasteiger partial charge in [0.1, 0.15) is 23.1 Å². The maximum atomic E-state index is 14.1. The number of rotatable bonds is 13. The highest BCUT2D eigenvalue weighted by Gasteiger charge is 2.33. The van der Waals surface area contributed by atoms with Crippen LogP contribution in [0, 0.1) is 23.5 Å². The molecule has 6 heterocycles. The van der Waals surface area contributed by atoms with E-state index in [-0.39, 0.29) is 65.4 Å². The van der Waals surface area contributed by atoms with E-state index in [1.807, 2.05) is 43.6 Å². The Morgan fingerprint density at radius 2 is 1.07 bits per heavy atom. The first-order valence-electron chi connectivity index (χ1n) is 25.1. The molecular formula is C54H62F2N8O8. The molecule has 16 nitrogen and oxygen atoms in total. The van der Waals surface area contributed by atoms with E-state index in [1.54, 1.807) is 53.8 Å². The summed E-state index contributed by atoms with van der Waals surface area (Å²) in [5, 5.41) is 24.1. The first-order chi connectivity index (χ1) is 34.9. The van der Waals surface area contributed by atoms with E-state index < -0.39 is 5.97 Å². The number of esters is 1. The zero-order valence-corrected chi connectivity index (χ0v) is 40.9. The predicted octanol–water partition coefficient (Wildman–Crippen LogP) is 8.87. The lowest BCUT2D eigenvalue weighted by molar-refractivity contribution is -0.149. The highest BCUT2D eigenvalue weighted by molar-refractivity contribution is 6.02. The van der Waals surface area contributed by atoms with Crippen molar-refractivity contribution in [2.45, 2.75) is 108 Å². The van der Waals surface area contributed by atoms with Crippen LogP contribution < -0.4 is 29.9 Å². The van der Waals surface area contributed by atoms with Gasteiger partial charge >= 0.3 is 11.9 Å². The van der Waals surface area contributed by atoms with E-state index in [4.69, 9.17) is 14.2 Å². The Kier molecular flexibility index (Phi) is 15.2. The van der Waals surface area contributed by atoms with E-state index >= 15 is 0 Å². The predicted molar refractivity (Wildman–Crippen MR) is 266 cm³/mol. The molecule has 380 valence electrons. The normalized spacial score (nSPS) is 22.0. The van der Waals surface area contributed by atoms with Gasteiger partial charge in [0.2, 0.25) is 0 Å². The number of nitrogens with one attached hydrogen (secondary N) is 2. The van der Waals surface area contributed by atoms with Crippen LogP contribution in [-0.2, 0) is 14.3 Å². The molecule has 2 aliphatic carbocycles. The number of carboxylic acids is 1. The first-order valence-corrected chi connectivity index (χ1v) is 25.1. The van der Waals surface area contributed by atoms with Gasteiger partial charge in [-0.05, 0) is 145 Å². The summed E-state index contributed by atoms with van der Waals surface area (Å²) in [6.45, 7) is 3.83. The van der Waals surface area contributed by atoms with Gasteiger partial charge < -0.3 is 39.8 Å². The van der Waals surface area contributed by atoms with E-state index in [0.717, 1.165) is 74.1 Å². The minimum atomic E-state index is -0.763. The number of pyridine rings is 2. The molecule has 0 radical (unpaired) electrons. The van der Waals surface area contributed by atoms with Crippen molar-refractivity contribution in [3.63, 3.8) is 0 Å². The third-order valence-electron chi connectivity index (χ3n) is 14.9. The molecule has 2 aromatic carbocycles. The van der Waals surface area contributed by atoms with Gasteiger partial charge in [-0.2, -0.15) is 10.2 Å². The Bertz CT molecular complexity index is 2930. The molecule has 72 heavy (non-hydrogen) atoms. The molecule has 2 aliphatic heterocycles. The molecule has 4 fully saturated rings. The maximum Gasteiger partial charge on any atom is 0.308 e. The maximum absolute atomic E-state index is 14.1. The molecule has 0 bridgehead atoms. The summed E-state index contributed by atoms with van der Waals surface area (Å²) in [5.74, 6) is -0.949. The van der Waals surface area contributed by atoms with E-state index in [1.165, 1.54) is 18.2 Å². The summed E-state index contributed by atoms with van der Waals surface area (Å²) >= 11 is 0. The summed E-state index contributed by atoms with van der Waals surface area (Å²) in [6, 6.07) is 17.0. The number of halogens is 2.